The van der Waals surface area contributed by atoms with Gasteiger partial charge in [-0.3, -0.25) is 19.8 Å². The maximum Gasteiger partial charge on any atom is 0.283 e. The Kier molecular flexibility index (Phi) is 5.84. The molecule has 0 aromatic heterocycles. The number of benzene rings is 1. The molecule has 0 saturated carbocycles. The number of rotatable bonds is 6. The molecule has 0 aliphatic carbocycles. The Labute approximate surface area is 136 Å². The predicted molar refractivity (Wildman–Crippen MR) is 81.0 cm³/mol. The highest BCUT2D eigenvalue weighted by atomic mass is 35.5. The summed E-state index contributed by atoms with van der Waals surface area (Å²) < 4.78 is 24.6. The van der Waals surface area contributed by atoms with E-state index < -0.39 is 17.3 Å². The zero-order chi connectivity index (χ0) is 17.0. The van der Waals surface area contributed by atoms with Gasteiger partial charge in [0.25, 0.3) is 18.0 Å². The van der Waals surface area contributed by atoms with Crippen LogP contribution in [0.4, 0.5) is 14.5 Å². The molecule has 1 aromatic rings. The molecule has 9 heteroatoms. The van der Waals surface area contributed by atoms with Crippen LogP contribution < -0.4 is 5.32 Å². The first-order valence-electron chi connectivity index (χ1n) is 7.09. The predicted octanol–water partition coefficient (Wildman–Crippen LogP) is 2.57. The van der Waals surface area contributed by atoms with Crippen molar-refractivity contribution >= 4 is 23.2 Å². The maximum atomic E-state index is 12.3. The van der Waals surface area contributed by atoms with Crippen LogP contribution in [-0.2, 0) is 0 Å². The van der Waals surface area contributed by atoms with E-state index in [1.54, 1.807) is 4.90 Å². The van der Waals surface area contributed by atoms with Crippen molar-refractivity contribution in [1.29, 1.82) is 0 Å². The summed E-state index contributed by atoms with van der Waals surface area (Å²) in [6.07, 6.45) is -1.67. The van der Waals surface area contributed by atoms with Crippen molar-refractivity contribution in [2.24, 2.45) is 5.92 Å². The van der Waals surface area contributed by atoms with E-state index in [2.05, 4.69) is 5.32 Å². The van der Waals surface area contributed by atoms with Crippen LogP contribution in [0, 0.1) is 16.0 Å². The lowest BCUT2D eigenvalue weighted by Crippen LogP contribution is -2.32. The van der Waals surface area contributed by atoms with E-state index in [-0.39, 0.29) is 28.7 Å². The molecule has 0 bridgehead atoms. The van der Waals surface area contributed by atoms with Crippen LogP contribution in [-0.4, -0.2) is 48.3 Å². The highest BCUT2D eigenvalue weighted by Crippen LogP contribution is 2.23. The molecule has 126 valence electrons. The Morgan fingerprint density at radius 1 is 1.52 bits per heavy atom. The molecule has 0 spiro atoms. The second-order valence-corrected chi connectivity index (χ2v) is 5.87. The fraction of sp³-hybridized carbons (Fsp3) is 0.500. The molecule has 1 N–H and O–H groups in total. The van der Waals surface area contributed by atoms with Gasteiger partial charge in [0.15, 0.2) is 0 Å². The number of nitro benzene ring substituents is 1. The Balaban J connectivity index is 1.92. The summed E-state index contributed by atoms with van der Waals surface area (Å²) in [5, 5.41) is 13.8. The Morgan fingerprint density at radius 3 is 2.91 bits per heavy atom. The molecule has 1 saturated heterocycles. The van der Waals surface area contributed by atoms with Crippen molar-refractivity contribution < 1.29 is 18.5 Å². The average Bonchev–Trinajstić information content (AvgIpc) is 2.91. The van der Waals surface area contributed by atoms with Crippen LogP contribution in [0.1, 0.15) is 16.8 Å². The minimum absolute atomic E-state index is 0.0593. The van der Waals surface area contributed by atoms with Gasteiger partial charge >= 0.3 is 0 Å². The van der Waals surface area contributed by atoms with Crippen molar-refractivity contribution in [3.05, 3.63) is 38.9 Å². The van der Waals surface area contributed by atoms with Crippen molar-refractivity contribution in [2.75, 3.05) is 26.2 Å². The largest absolute Gasteiger partial charge is 0.351 e. The van der Waals surface area contributed by atoms with E-state index in [0.717, 1.165) is 6.07 Å². The number of hydrogen-bond donors (Lipinski definition) is 1. The van der Waals surface area contributed by atoms with E-state index in [9.17, 15) is 23.7 Å². The molecule has 6 nitrogen and oxygen atoms in total. The molecule has 1 aliphatic heterocycles. The number of nitrogens with one attached hydrogen (secondary N) is 1. The van der Waals surface area contributed by atoms with Gasteiger partial charge in [0, 0.05) is 24.2 Å². The van der Waals surface area contributed by atoms with Gasteiger partial charge in [-0.15, -0.1) is 0 Å². The molecule has 1 unspecified atom stereocenters. The molecule has 1 aromatic carbocycles. The molecule has 1 atom stereocenters. The zero-order valence-electron chi connectivity index (χ0n) is 12.2. The fourth-order valence-corrected chi connectivity index (χ4v) is 2.79. The third-order valence-electron chi connectivity index (χ3n) is 3.72. The minimum atomic E-state index is -2.37. The van der Waals surface area contributed by atoms with Crippen molar-refractivity contribution in [1.82, 2.24) is 10.2 Å². The van der Waals surface area contributed by atoms with Gasteiger partial charge in [-0.1, -0.05) is 11.6 Å². The smallest absolute Gasteiger partial charge is 0.283 e. The molecule has 1 fully saturated rings. The number of halogens is 3. The summed E-state index contributed by atoms with van der Waals surface area (Å²) >= 11 is 5.70. The number of alkyl halides is 2. The number of hydrogen-bond acceptors (Lipinski definition) is 4. The second-order valence-electron chi connectivity index (χ2n) is 5.43. The lowest BCUT2D eigenvalue weighted by molar-refractivity contribution is -0.385. The third-order valence-corrected chi connectivity index (χ3v) is 3.95. The third kappa shape index (κ3) is 4.84. The monoisotopic (exact) mass is 347 g/mol. The number of nitro groups is 1. The molecule has 1 amide bonds. The van der Waals surface area contributed by atoms with Gasteiger partial charge in [0.2, 0.25) is 0 Å². The Bertz CT molecular complexity index is 601. The van der Waals surface area contributed by atoms with E-state index >= 15 is 0 Å². The normalized spacial score (nSPS) is 18.3. The summed E-state index contributed by atoms with van der Waals surface area (Å²) in [5.41, 5.74) is -0.428. The summed E-state index contributed by atoms with van der Waals surface area (Å²) in [5.74, 6) is -0.510. The Hall–Kier alpha value is -1.80. The van der Waals surface area contributed by atoms with Crippen LogP contribution in [0.5, 0.6) is 0 Å². The van der Waals surface area contributed by atoms with E-state index in [1.165, 1.54) is 12.1 Å². The van der Waals surface area contributed by atoms with Gasteiger partial charge in [-0.25, -0.2) is 8.78 Å². The number of amides is 1. The Morgan fingerprint density at radius 2 is 2.26 bits per heavy atom. The highest BCUT2D eigenvalue weighted by Gasteiger charge is 2.26. The average molecular weight is 348 g/mol. The van der Waals surface area contributed by atoms with Crippen LogP contribution in [0.15, 0.2) is 18.2 Å². The lowest BCUT2D eigenvalue weighted by Gasteiger charge is -2.15. The standard InChI is InChI=1S/C14H16ClF2N3O3/c15-10-1-2-11(12(5-10)20(22)23)14(21)18-6-9-3-4-19(7-9)8-13(16)17/h1-2,5,9,13H,3-4,6-8H2,(H,18,21). The molecular weight excluding hydrogens is 332 g/mol. The van der Waals surface area contributed by atoms with Crippen LogP contribution >= 0.6 is 11.6 Å². The quantitative estimate of drug-likeness (QED) is 0.634. The molecule has 2 rings (SSSR count). The summed E-state index contributed by atoms with van der Waals surface area (Å²) in [7, 11) is 0. The van der Waals surface area contributed by atoms with Gasteiger partial charge in [-0.2, -0.15) is 0 Å². The van der Waals surface area contributed by atoms with E-state index in [4.69, 9.17) is 11.6 Å². The SMILES string of the molecule is O=C(NCC1CCN(CC(F)F)C1)c1ccc(Cl)cc1[N+](=O)[O-]. The van der Waals surface area contributed by atoms with Gasteiger partial charge in [0.1, 0.15) is 5.56 Å². The summed E-state index contributed by atoms with van der Waals surface area (Å²) in [6, 6.07) is 3.83. The first-order chi connectivity index (χ1) is 10.9. The highest BCUT2D eigenvalue weighted by molar-refractivity contribution is 6.31. The van der Waals surface area contributed by atoms with E-state index in [0.29, 0.717) is 26.1 Å². The molecule has 23 heavy (non-hydrogen) atoms. The van der Waals surface area contributed by atoms with E-state index in [1.807, 2.05) is 0 Å². The number of carbonyl (C=O) groups excluding carboxylic acids is 1. The number of carbonyl (C=O) groups is 1. The first kappa shape index (κ1) is 17.6. The minimum Gasteiger partial charge on any atom is -0.351 e. The summed E-state index contributed by atoms with van der Waals surface area (Å²) in [4.78, 5) is 24.1. The molecule has 1 aliphatic rings. The van der Waals surface area contributed by atoms with Crippen LogP contribution in [0.25, 0.3) is 0 Å². The zero-order valence-corrected chi connectivity index (χ0v) is 12.9. The van der Waals surface area contributed by atoms with Crippen LogP contribution in [0.3, 0.4) is 0 Å². The summed E-state index contributed by atoms with van der Waals surface area (Å²) in [6.45, 7) is 1.06. The first-order valence-corrected chi connectivity index (χ1v) is 7.47. The number of likely N-dealkylation sites (tertiary alicyclic amines) is 1. The fourth-order valence-electron chi connectivity index (χ4n) is 2.62. The van der Waals surface area contributed by atoms with Gasteiger partial charge in [0.05, 0.1) is 11.5 Å². The molecule has 1 heterocycles. The van der Waals surface area contributed by atoms with Crippen molar-refractivity contribution in [3.8, 4) is 0 Å². The van der Waals surface area contributed by atoms with Gasteiger partial charge < -0.3 is 5.32 Å². The maximum absolute atomic E-state index is 12.3. The van der Waals surface area contributed by atoms with Crippen LogP contribution in [0.2, 0.25) is 5.02 Å². The molecular formula is C14H16ClF2N3O3. The van der Waals surface area contributed by atoms with Gasteiger partial charge in [-0.05, 0) is 31.0 Å². The topological polar surface area (TPSA) is 75.5 Å². The number of nitrogens with zero attached hydrogens (tertiary/aromatic N) is 2. The van der Waals surface area contributed by atoms with Crippen molar-refractivity contribution in [3.63, 3.8) is 0 Å². The van der Waals surface area contributed by atoms with Crippen molar-refractivity contribution in [2.45, 2.75) is 12.8 Å². The molecule has 0 radical (unpaired) electrons. The lowest BCUT2D eigenvalue weighted by atomic mass is 10.1. The second kappa shape index (κ2) is 7.65.